The van der Waals surface area contributed by atoms with E-state index in [0.29, 0.717) is 12.0 Å². The Bertz CT molecular complexity index is 833. The summed E-state index contributed by atoms with van der Waals surface area (Å²) >= 11 is 0. The molecule has 0 spiro atoms. The number of carbonyl (C=O) groups excluding carboxylic acids is 2. The Morgan fingerprint density at radius 1 is 1.11 bits per heavy atom. The number of aromatic nitrogens is 2. The summed E-state index contributed by atoms with van der Waals surface area (Å²) in [4.78, 5) is 29.0. The van der Waals surface area contributed by atoms with E-state index in [4.69, 9.17) is 0 Å². The standard InChI is InChI=1S/C21H27N5O2/c1-24-8-10-25(11-9-24)20(27)12-16-4-6-19(7-5-16)23-21(28)18-13-22-26(15-18)14-17-2-3-17/h4-7,13,15,17H,2-3,8-12,14H2,1H3,(H,23,28). The Balaban J connectivity index is 1.29. The third kappa shape index (κ3) is 4.78. The van der Waals surface area contributed by atoms with Crippen molar-refractivity contribution in [2.24, 2.45) is 5.92 Å². The van der Waals surface area contributed by atoms with Crippen molar-refractivity contribution >= 4 is 17.5 Å². The first-order valence-electron chi connectivity index (χ1n) is 9.96. The fraction of sp³-hybridized carbons (Fsp3) is 0.476. The van der Waals surface area contributed by atoms with E-state index in [0.717, 1.165) is 49.9 Å². The lowest BCUT2D eigenvalue weighted by atomic mass is 10.1. The van der Waals surface area contributed by atoms with Crippen molar-refractivity contribution in [3.05, 3.63) is 47.8 Å². The van der Waals surface area contributed by atoms with Crippen molar-refractivity contribution in [2.45, 2.75) is 25.8 Å². The average molecular weight is 381 g/mol. The predicted molar refractivity (Wildman–Crippen MR) is 107 cm³/mol. The van der Waals surface area contributed by atoms with Crippen LogP contribution < -0.4 is 5.32 Å². The van der Waals surface area contributed by atoms with Crippen molar-refractivity contribution in [1.82, 2.24) is 19.6 Å². The van der Waals surface area contributed by atoms with Gasteiger partial charge in [-0.3, -0.25) is 14.3 Å². The summed E-state index contributed by atoms with van der Waals surface area (Å²) in [5, 5.41) is 7.16. The van der Waals surface area contributed by atoms with Gasteiger partial charge in [0.25, 0.3) is 5.91 Å². The van der Waals surface area contributed by atoms with Crippen LogP contribution in [0, 0.1) is 5.92 Å². The molecule has 2 aromatic rings. The molecule has 2 aliphatic rings. The molecular weight excluding hydrogens is 354 g/mol. The molecule has 1 aliphatic carbocycles. The first-order valence-corrected chi connectivity index (χ1v) is 9.96. The van der Waals surface area contributed by atoms with Crippen molar-refractivity contribution < 1.29 is 9.59 Å². The van der Waals surface area contributed by atoms with Crippen LogP contribution in [0.2, 0.25) is 0 Å². The normalized spacial score (nSPS) is 17.5. The van der Waals surface area contributed by atoms with Gasteiger partial charge in [0, 0.05) is 44.6 Å². The summed E-state index contributed by atoms with van der Waals surface area (Å²) in [6, 6.07) is 7.50. The van der Waals surface area contributed by atoms with Crippen LogP contribution in [-0.4, -0.2) is 64.6 Å². The van der Waals surface area contributed by atoms with Gasteiger partial charge in [0.2, 0.25) is 5.91 Å². The molecule has 0 radical (unpaired) electrons. The van der Waals surface area contributed by atoms with E-state index in [1.54, 1.807) is 12.4 Å². The lowest BCUT2D eigenvalue weighted by Crippen LogP contribution is -2.47. The number of likely N-dealkylation sites (N-methyl/N-ethyl adjacent to an activating group) is 1. The monoisotopic (exact) mass is 381 g/mol. The molecule has 1 aromatic carbocycles. The molecule has 1 aliphatic heterocycles. The minimum absolute atomic E-state index is 0.160. The Hall–Kier alpha value is -2.67. The summed E-state index contributed by atoms with van der Waals surface area (Å²) < 4.78 is 1.85. The Morgan fingerprint density at radius 3 is 2.50 bits per heavy atom. The highest BCUT2D eigenvalue weighted by Crippen LogP contribution is 2.30. The number of benzene rings is 1. The van der Waals surface area contributed by atoms with Crippen molar-refractivity contribution in [2.75, 3.05) is 38.5 Å². The average Bonchev–Trinajstić information content (AvgIpc) is 3.38. The van der Waals surface area contributed by atoms with E-state index in [9.17, 15) is 9.59 Å². The number of nitrogens with one attached hydrogen (secondary N) is 1. The van der Waals surface area contributed by atoms with Gasteiger partial charge >= 0.3 is 0 Å². The molecule has 7 nitrogen and oxygen atoms in total. The largest absolute Gasteiger partial charge is 0.340 e. The maximum Gasteiger partial charge on any atom is 0.258 e. The summed E-state index contributed by atoms with van der Waals surface area (Å²) in [5.74, 6) is 0.716. The molecule has 2 heterocycles. The quantitative estimate of drug-likeness (QED) is 0.829. The van der Waals surface area contributed by atoms with Crippen molar-refractivity contribution in [3.8, 4) is 0 Å². The zero-order chi connectivity index (χ0) is 19.5. The van der Waals surface area contributed by atoms with Gasteiger partial charge in [-0.2, -0.15) is 5.10 Å². The molecule has 1 N–H and O–H groups in total. The first kappa shape index (κ1) is 18.7. The number of hydrogen-bond acceptors (Lipinski definition) is 4. The number of hydrogen-bond donors (Lipinski definition) is 1. The van der Waals surface area contributed by atoms with Crippen LogP contribution in [0.5, 0.6) is 0 Å². The zero-order valence-corrected chi connectivity index (χ0v) is 16.3. The molecule has 4 rings (SSSR count). The first-order chi connectivity index (χ1) is 13.6. The van der Waals surface area contributed by atoms with Crippen LogP contribution in [0.1, 0.15) is 28.8 Å². The molecule has 1 saturated heterocycles. The number of anilines is 1. The van der Waals surface area contributed by atoms with Gasteiger partial charge in [0.05, 0.1) is 18.2 Å². The van der Waals surface area contributed by atoms with Gasteiger partial charge in [0.15, 0.2) is 0 Å². The van der Waals surface area contributed by atoms with Gasteiger partial charge in [-0.05, 0) is 43.5 Å². The maximum atomic E-state index is 12.4. The van der Waals surface area contributed by atoms with E-state index >= 15 is 0 Å². The van der Waals surface area contributed by atoms with Gasteiger partial charge < -0.3 is 15.1 Å². The number of piperazine rings is 1. The van der Waals surface area contributed by atoms with Crippen LogP contribution in [0.3, 0.4) is 0 Å². The summed E-state index contributed by atoms with van der Waals surface area (Å²) in [7, 11) is 2.08. The minimum Gasteiger partial charge on any atom is -0.340 e. The molecular formula is C21H27N5O2. The van der Waals surface area contributed by atoms with E-state index in [2.05, 4.69) is 22.4 Å². The zero-order valence-electron chi connectivity index (χ0n) is 16.3. The predicted octanol–water partition coefficient (Wildman–Crippen LogP) is 1.86. The molecule has 1 aromatic heterocycles. The SMILES string of the molecule is CN1CCN(C(=O)Cc2ccc(NC(=O)c3cnn(CC4CC4)c3)cc2)CC1. The number of amides is 2. The fourth-order valence-electron chi connectivity index (χ4n) is 3.40. The van der Waals surface area contributed by atoms with Crippen LogP contribution in [0.25, 0.3) is 0 Å². The van der Waals surface area contributed by atoms with Crippen molar-refractivity contribution in [3.63, 3.8) is 0 Å². The third-order valence-corrected chi connectivity index (χ3v) is 5.46. The van der Waals surface area contributed by atoms with E-state index < -0.39 is 0 Å². The van der Waals surface area contributed by atoms with E-state index in [1.165, 1.54) is 12.8 Å². The highest BCUT2D eigenvalue weighted by Gasteiger charge is 2.22. The molecule has 7 heteroatoms. The summed E-state index contributed by atoms with van der Waals surface area (Å²) in [5.41, 5.74) is 2.24. The van der Waals surface area contributed by atoms with Crippen molar-refractivity contribution in [1.29, 1.82) is 0 Å². The Morgan fingerprint density at radius 2 is 1.82 bits per heavy atom. The smallest absolute Gasteiger partial charge is 0.258 e. The molecule has 1 saturated carbocycles. The van der Waals surface area contributed by atoms with Crippen LogP contribution in [0.15, 0.2) is 36.7 Å². The highest BCUT2D eigenvalue weighted by molar-refractivity contribution is 6.03. The number of nitrogens with zero attached hydrogens (tertiary/aromatic N) is 4. The molecule has 2 amide bonds. The summed E-state index contributed by atoms with van der Waals surface area (Å²) in [6.07, 6.45) is 6.32. The van der Waals surface area contributed by atoms with Crippen LogP contribution in [-0.2, 0) is 17.8 Å². The molecule has 0 atom stereocenters. The van der Waals surface area contributed by atoms with Gasteiger partial charge in [-0.25, -0.2) is 0 Å². The second-order valence-electron chi connectivity index (χ2n) is 7.91. The van der Waals surface area contributed by atoms with Crippen LogP contribution >= 0.6 is 0 Å². The number of rotatable bonds is 6. The third-order valence-electron chi connectivity index (χ3n) is 5.46. The molecule has 28 heavy (non-hydrogen) atoms. The lowest BCUT2D eigenvalue weighted by Gasteiger charge is -2.32. The molecule has 148 valence electrons. The minimum atomic E-state index is -0.164. The second-order valence-corrected chi connectivity index (χ2v) is 7.91. The van der Waals surface area contributed by atoms with E-state index in [-0.39, 0.29) is 11.8 Å². The van der Waals surface area contributed by atoms with Gasteiger partial charge in [0.1, 0.15) is 0 Å². The Labute approximate surface area is 165 Å². The number of carbonyl (C=O) groups is 2. The topological polar surface area (TPSA) is 70.5 Å². The Kier molecular flexibility index (Phi) is 5.43. The van der Waals surface area contributed by atoms with E-state index in [1.807, 2.05) is 33.8 Å². The highest BCUT2D eigenvalue weighted by atomic mass is 16.2. The maximum absolute atomic E-state index is 12.4. The summed E-state index contributed by atoms with van der Waals surface area (Å²) in [6.45, 7) is 4.32. The van der Waals surface area contributed by atoms with Crippen LogP contribution in [0.4, 0.5) is 5.69 Å². The molecule has 0 unspecified atom stereocenters. The molecule has 0 bridgehead atoms. The van der Waals surface area contributed by atoms with Gasteiger partial charge in [-0.1, -0.05) is 12.1 Å². The molecule has 2 fully saturated rings. The fourth-order valence-corrected chi connectivity index (χ4v) is 3.40. The second kappa shape index (κ2) is 8.14. The van der Waals surface area contributed by atoms with Gasteiger partial charge in [-0.15, -0.1) is 0 Å². The lowest BCUT2D eigenvalue weighted by molar-refractivity contribution is -0.132.